The molecule has 2 heterocycles. The fourth-order valence-corrected chi connectivity index (χ4v) is 4.39. The van der Waals surface area contributed by atoms with E-state index in [9.17, 15) is 4.79 Å². The van der Waals surface area contributed by atoms with Crippen LogP contribution in [0.1, 0.15) is 33.6 Å². The first-order chi connectivity index (χ1) is 16.2. The average molecular weight is 431 g/mol. The van der Waals surface area contributed by atoms with Crippen LogP contribution in [-0.4, -0.2) is 25.4 Å². The molecule has 0 saturated heterocycles. The average Bonchev–Trinajstić information content (AvgIpc) is 3.52. The molecule has 6 nitrogen and oxygen atoms in total. The smallest absolute Gasteiger partial charge is 0.254 e. The minimum Gasteiger partial charge on any atom is -0.340 e. The van der Waals surface area contributed by atoms with Crippen molar-refractivity contribution in [2.24, 2.45) is 0 Å². The molecule has 33 heavy (non-hydrogen) atoms. The van der Waals surface area contributed by atoms with Crippen LogP contribution in [0.25, 0.3) is 22.6 Å². The van der Waals surface area contributed by atoms with Gasteiger partial charge in [-0.2, -0.15) is 14.6 Å². The van der Waals surface area contributed by atoms with E-state index in [1.54, 1.807) is 10.6 Å². The summed E-state index contributed by atoms with van der Waals surface area (Å²) >= 11 is 0. The number of ketones is 1. The molecule has 3 aromatic carbocycles. The Hall–Kier alpha value is -4.32. The van der Waals surface area contributed by atoms with E-state index in [0.29, 0.717) is 11.3 Å². The van der Waals surface area contributed by atoms with Crippen LogP contribution < -0.4 is 5.32 Å². The maximum absolute atomic E-state index is 12.7. The molecule has 0 spiro atoms. The number of carbonyl (C=O) groups is 1. The van der Waals surface area contributed by atoms with Gasteiger partial charge in [-0.3, -0.25) is 4.79 Å². The summed E-state index contributed by atoms with van der Waals surface area (Å²) in [5.74, 6) is 1.47. The zero-order valence-corrected chi connectivity index (χ0v) is 17.9. The first-order valence-corrected chi connectivity index (χ1v) is 11.0. The summed E-state index contributed by atoms with van der Waals surface area (Å²) in [7, 11) is 0. The predicted octanol–water partition coefficient (Wildman–Crippen LogP) is 5.41. The number of fused-ring (bicyclic) bond motifs is 3. The molecule has 0 unspecified atom stereocenters. The van der Waals surface area contributed by atoms with Crippen molar-refractivity contribution in [3.05, 3.63) is 102 Å². The van der Waals surface area contributed by atoms with E-state index in [-0.39, 0.29) is 5.78 Å². The number of carbonyl (C=O) groups excluding carboxylic acids is 1. The number of nitrogens with zero attached hydrogens (tertiary/aromatic N) is 4. The van der Waals surface area contributed by atoms with Gasteiger partial charge in [0.25, 0.3) is 5.78 Å². The van der Waals surface area contributed by atoms with Crippen molar-refractivity contribution >= 4 is 39.9 Å². The molecule has 1 N–H and O–H groups in total. The highest BCUT2D eigenvalue weighted by Gasteiger charge is 2.21. The molecule has 0 bridgehead atoms. The van der Waals surface area contributed by atoms with Gasteiger partial charge in [0.05, 0.1) is 5.69 Å². The summed E-state index contributed by atoms with van der Waals surface area (Å²) in [6, 6.07) is 21.9. The summed E-state index contributed by atoms with van der Waals surface area (Å²) in [4.78, 5) is 21.6. The van der Waals surface area contributed by atoms with Crippen molar-refractivity contribution in [3.63, 3.8) is 0 Å². The zero-order chi connectivity index (χ0) is 22.2. The summed E-state index contributed by atoms with van der Waals surface area (Å²) in [5, 5.41) is 10.1. The number of benzene rings is 3. The normalized spacial score (nSPS) is 13.1. The Morgan fingerprint density at radius 3 is 2.70 bits per heavy atom. The van der Waals surface area contributed by atoms with E-state index < -0.39 is 0 Å². The first kappa shape index (κ1) is 19.4. The lowest BCUT2D eigenvalue weighted by atomic mass is 10.1. The predicted molar refractivity (Wildman–Crippen MR) is 130 cm³/mol. The molecule has 1 aliphatic carbocycles. The summed E-state index contributed by atoms with van der Waals surface area (Å²) in [6.45, 7) is 0. The van der Waals surface area contributed by atoms with Gasteiger partial charge >= 0.3 is 0 Å². The zero-order valence-electron chi connectivity index (χ0n) is 17.9. The summed E-state index contributed by atoms with van der Waals surface area (Å²) in [6.07, 6.45) is 8.03. The Morgan fingerprint density at radius 2 is 1.82 bits per heavy atom. The third-order valence-electron chi connectivity index (χ3n) is 6.08. The van der Waals surface area contributed by atoms with Gasteiger partial charge in [0.2, 0.25) is 0 Å². The van der Waals surface area contributed by atoms with Crippen LogP contribution in [0.5, 0.6) is 0 Å². The highest BCUT2D eigenvalue weighted by Crippen LogP contribution is 2.30. The number of allylic oxidation sites excluding steroid dienone is 1. The number of rotatable bonds is 5. The van der Waals surface area contributed by atoms with Crippen LogP contribution in [-0.2, 0) is 12.8 Å². The Balaban J connectivity index is 1.22. The van der Waals surface area contributed by atoms with Gasteiger partial charge in [-0.25, -0.2) is 4.98 Å². The summed E-state index contributed by atoms with van der Waals surface area (Å²) < 4.78 is 1.75. The largest absolute Gasteiger partial charge is 0.340 e. The van der Waals surface area contributed by atoms with Gasteiger partial charge in [0.15, 0.2) is 5.78 Å². The number of hydrogen-bond donors (Lipinski definition) is 1. The van der Waals surface area contributed by atoms with E-state index >= 15 is 0 Å². The molecule has 0 amide bonds. The standard InChI is InChI=1S/C27H21N5O/c33-25(15-9-18-8-10-19-4-1-2-5-21(19)16-18)20-11-13-22(14-12-20)30-26-23-6-3-7-24(23)31-27-28-17-29-32(26)27/h1-2,4-5,8-17,30H,3,6-7H2/b15-9+. The Bertz CT molecular complexity index is 1530. The second-order valence-electron chi connectivity index (χ2n) is 8.22. The Morgan fingerprint density at radius 1 is 0.970 bits per heavy atom. The number of anilines is 2. The van der Waals surface area contributed by atoms with Crippen LogP contribution >= 0.6 is 0 Å². The number of aromatic nitrogens is 4. The van der Waals surface area contributed by atoms with Crippen LogP contribution in [0, 0.1) is 0 Å². The molecule has 0 radical (unpaired) electrons. The molecule has 6 heteroatoms. The van der Waals surface area contributed by atoms with Crippen LogP contribution in [0.4, 0.5) is 11.5 Å². The van der Waals surface area contributed by atoms with E-state index in [4.69, 9.17) is 0 Å². The molecule has 0 saturated carbocycles. The van der Waals surface area contributed by atoms with Crippen molar-refractivity contribution in [1.29, 1.82) is 0 Å². The van der Waals surface area contributed by atoms with Gasteiger partial charge in [-0.15, -0.1) is 0 Å². The second kappa shape index (κ2) is 7.98. The van der Waals surface area contributed by atoms with Crippen molar-refractivity contribution in [2.45, 2.75) is 19.3 Å². The third kappa shape index (κ3) is 3.65. The quantitative estimate of drug-likeness (QED) is 0.298. The molecule has 1 aliphatic rings. The monoisotopic (exact) mass is 431 g/mol. The van der Waals surface area contributed by atoms with Gasteiger partial charge in [0, 0.05) is 16.8 Å². The van der Waals surface area contributed by atoms with E-state index in [2.05, 4.69) is 44.6 Å². The molecule has 2 aromatic heterocycles. The maximum atomic E-state index is 12.7. The lowest BCUT2D eigenvalue weighted by molar-refractivity contribution is 0.104. The van der Waals surface area contributed by atoms with Crippen LogP contribution in [0.3, 0.4) is 0 Å². The number of aryl methyl sites for hydroxylation is 1. The van der Waals surface area contributed by atoms with Gasteiger partial charge in [-0.1, -0.05) is 42.5 Å². The molecule has 0 fully saturated rings. The number of nitrogens with one attached hydrogen (secondary N) is 1. The lowest BCUT2D eigenvalue weighted by Gasteiger charge is -2.12. The summed E-state index contributed by atoms with van der Waals surface area (Å²) in [5.41, 5.74) is 4.81. The molecule has 0 atom stereocenters. The van der Waals surface area contributed by atoms with Crippen molar-refractivity contribution in [2.75, 3.05) is 5.32 Å². The van der Waals surface area contributed by atoms with E-state index in [0.717, 1.165) is 47.4 Å². The maximum Gasteiger partial charge on any atom is 0.254 e. The molecular formula is C27H21N5O. The molecule has 6 rings (SSSR count). The highest BCUT2D eigenvalue weighted by molar-refractivity contribution is 6.07. The second-order valence-corrected chi connectivity index (χ2v) is 8.22. The van der Waals surface area contributed by atoms with Crippen molar-refractivity contribution < 1.29 is 4.79 Å². The fraction of sp³-hybridized carbons (Fsp3) is 0.111. The van der Waals surface area contributed by atoms with Crippen LogP contribution in [0.2, 0.25) is 0 Å². The Labute approximate surface area is 190 Å². The molecular weight excluding hydrogens is 410 g/mol. The minimum atomic E-state index is -0.0295. The van der Waals surface area contributed by atoms with E-state index in [1.807, 2.05) is 48.5 Å². The van der Waals surface area contributed by atoms with Crippen molar-refractivity contribution in [3.8, 4) is 0 Å². The molecule has 0 aliphatic heterocycles. The SMILES string of the molecule is O=C(/C=C/c1ccc2ccccc2c1)c1ccc(Nc2c3c(nc4ncnn24)CCC3)cc1. The van der Waals surface area contributed by atoms with Crippen molar-refractivity contribution in [1.82, 2.24) is 19.6 Å². The number of hydrogen-bond acceptors (Lipinski definition) is 5. The minimum absolute atomic E-state index is 0.0295. The van der Waals surface area contributed by atoms with Crippen LogP contribution in [0.15, 0.2) is 79.1 Å². The fourth-order valence-electron chi connectivity index (χ4n) is 4.39. The topological polar surface area (TPSA) is 72.2 Å². The first-order valence-electron chi connectivity index (χ1n) is 11.0. The van der Waals surface area contributed by atoms with Gasteiger partial charge < -0.3 is 5.32 Å². The van der Waals surface area contributed by atoms with Gasteiger partial charge in [-0.05, 0) is 72.0 Å². The third-order valence-corrected chi connectivity index (χ3v) is 6.08. The molecule has 160 valence electrons. The molecule has 5 aromatic rings. The highest BCUT2D eigenvalue weighted by atomic mass is 16.1. The van der Waals surface area contributed by atoms with E-state index in [1.165, 1.54) is 17.3 Å². The van der Waals surface area contributed by atoms with Gasteiger partial charge in [0.1, 0.15) is 12.1 Å². The lowest BCUT2D eigenvalue weighted by Crippen LogP contribution is -2.07. The Kier molecular flexibility index (Phi) is 4.69.